The molecule has 2 aromatic carbocycles. The quantitative estimate of drug-likeness (QED) is 0.689. The van der Waals surface area contributed by atoms with Crippen LogP contribution in [0.15, 0.2) is 48.0 Å². The molecule has 2 saturated carbocycles. The maximum Gasteiger partial charge on any atom is 0.165 e. The van der Waals surface area contributed by atoms with Gasteiger partial charge in [-0.2, -0.15) is 0 Å². The summed E-state index contributed by atoms with van der Waals surface area (Å²) in [5, 5.41) is 9.86. The molecule has 29 heavy (non-hydrogen) atoms. The number of benzene rings is 2. The van der Waals surface area contributed by atoms with Gasteiger partial charge < -0.3 is 9.84 Å². The van der Waals surface area contributed by atoms with E-state index in [9.17, 15) is 9.90 Å². The van der Waals surface area contributed by atoms with Crippen molar-refractivity contribution in [2.24, 2.45) is 17.3 Å². The lowest BCUT2D eigenvalue weighted by Crippen LogP contribution is -2.42. The van der Waals surface area contributed by atoms with Crippen molar-refractivity contribution in [3.8, 4) is 11.5 Å². The van der Waals surface area contributed by atoms with Crippen molar-refractivity contribution in [3.05, 3.63) is 64.7 Å². The number of hydrogen-bond donors (Lipinski definition) is 1. The highest BCUT2D eigenvalue weighted by molar-refractivity contribution is 6.06. The van der Waals surface area contributed by atoms with Crippen LogP contribution in [0.4, 0.5) is 0 Å². The van der Waals surface area contributed by atoms with Crippen molar-refractivity contribution in [1.82, 2.24) is 0 Å². The van der Waals surface area contributed by atoms with E-state index in [1.165, 1.54) is 11.1 Å². The molecule has 3 aliphatic rings. The van der Waals surface area contributed by atoms with E-state index in [1.54, 1.807) is 7.11 Å². The highest BCUT2D eigenvalue weighted by Crippen LogP contribution is 2.60. The van der Waals surface area contributed by atoms with Crippen molar-refractivity contribution in [1.29, 1.82) is 0 Å². The topological polar surface area (TPSA) is 46.5 Å². The molecule has 3 nitrogen and oxygen atoms in total. The van der Waals surface area contributed by atoms with Crippen LogP contribution in [0.25, 0.3) is 6.08 Å². The summed E-state index contributed by atoms with van der Waals surface area (Å²) in [6.45, 7) is 2.21. The van der Waals surface area contributed by atoms with E-state index in [-0.39, 0.29) is 5.41 Å². The number of aryl methyl sites for hydroxylation is 1. The van der Waals surface area contributed by atoms with E-state index in [1.807, 2.05) is 36.4 Å². The minimum absolute atomic E-state index is 0.228. The molecule has 3 aliphatic carbocycles. The second kappa shape index (κ2) is 6.76. The van der Waals surface area contributed by atoms with Gasteiger partial charge in [0.15, 0.2) is 5.78 Å². The second-order valence-corrected chi connectivity index (χ2v) is 9.23. The zero-order valence-corrected chi connectivity index (χ0v) is 17.2. The Labute approximate surface area is 172 Å². The first-order valence-corrected chi connectivity index (χ1v) is 10.7. The van der Waals surface area contributed by atoms with Crippen LogP contribution in [0.1, 0.15) is 55.2 Å². The van der Waals surface area contributed by atoms with Gasteiger partial charge in [-0.3, -0.25) is 4.79 Å². The molecule has 0 amide bonds. The zero-order valence-electron chi connectivity index (χ0n) is 17.2. The summed E-state index contributed by atoms with van der Waals surface area (Å²) >= 11 is 0. The van der Waals surface area contributed by atoms with E-state index in [0.29, 0.717) is 29.3 Å². The summed E-state index contributed by atoms with van der Waals surface area (Å²) in [5.74, 6) is 3.04. The van der Waals surface area contributed by atoms with Crippen LogP contribution in [-0.2, 0) is 11.2 Å². The van der Waals surface area contributed by atoms with Gasteiger partial charge in [-0.25, -0.2) is 0 Å². The predicted octanol–water partition coefficient (Wildman–Crippen LogP) is 5.52. The summed E-state index contributed by atoms with van der Waals surface area (Å²) < 4.78 is 5.25. The Kier molecular flexibility index (Phi) is 4.31. The second-order valence-electron chi connectivity index (χ2n) is 9.23. The highest BCUT2D eigenvalue weighted by Gasteiger charge is 2.56. The molecular formula is C26H28O3. The third-order valence-corrected chi connectivity index (χ3v) is 7.81. The minimum atomic E-state index is -0.228. The third-order valence-electron chi connectivity index (χ3n) is 7.81. The van der Waals surface area contributed by atoms with Gasteiger partial charge in [0.25, 0.3) is 0 Å². The number of rotatable bonds is 2. The Bertz CT molecular complexity index is 988. The summed E-state index contributed by atoms with van der Waals surface area (Å²) in [6.07, 6.45) is 7.12. The lowest BCUT2D eigenvalue weighted by atomic mass is 9.55. The Morgan fingerprint density at radius 2 is 1.93 bits per heavy atom. The number of fused-ring (bicyclic) bond motifs is 5. The zero-order chi connectivity index (χ0) is 20.2. The number of phenols is 1. The molecule has 0 spiro atoms. The Morgan fingerprint density at radius 1 is 1.14 bits per heavy atom. The maximum atomic E-state index is 13.4. The van der Waals surface area contributed by atoms with Crippen LogP contribution < -0.4 is 4.74 Å². The van der Waals surface area contributed by atoms with E-state index >= 15 is 0 Å². The lowest BCUT2D eigenvalue weighted by molar-refractivity contribution is -0.127. The molecule has 3 heteroatoms. The smallest absolute Gasteiger partial charge is 0.165 e. The number of ketones is 1. The number of carbonyl (C=O) groups excluding carboxylic acids is 1. The van der Waals surface area contributed by atoms with E-state index < -0.39 is 0 Å². The molecule has 4 atom stereocenters. The van der Waals surface area contributed by atoms with Crippen LogP contribution in [0.5, 0.6) is 11.5 Å². The highest BCUT2D eigenvalue weighted by atomic mass is 16.5. The van der Waals surface area contributed by atoms with Crippen molar-refractivity contribution < 1.29 is 14.6 Å². The van der Waals surface area contributed by atoms with Gasteiger partial charge in [-0.1, -0.05) is 25.1 Å². The van der Waals surface area contributed by atoms with Gasteiger partial charge in [0.1, 0.15) is 11.5 Å². The molecule has 0 radical (unpaired) electrons. The fourth-order valence-electron chi connectivity index (χ4n) is 6.27. The first kappa shape index (κ1) is 18.5. The van der Waals surface area contributed by atoms with Crippen LogP contribution in [0, 0.1) is 17.3 Å². The van der Waals surface area contributed by atoms with Crippen molar-refractivity contribution in [2.45, 2.75) is 44.9 Å². The van der Waals surface area contributed by atoms with E-state index in [0.717, 1.165) is 49.0 Å². The van der Waals surface area contributed by atoms with Crippen molar-refractivity contribution in [2.75, 3.05) is 7.11 Å². The van der Waals surface area contributed by atoms with Gasteiger partial charge >= 0.3 is 0 Å². The molecule has 5 rings (SSSR count). The SMILES string of the molecule is COc1ccc(/C=C2\C[C@@H]3[C@@H]4CCc5cc(O)ccc5[C@@H]4CC[C@]3(C)C2=O)cc1. The Hall–Kier alpha value is -2.55. The van der Waals surface area contributed by atoms with Crippen molar-refractivity contribution >= 4 is 11.9 Å². The lowest BCUT2D eigenvalue weighted by Gasteiger charge is -2.48. The Balaban J connectivity index is 1.46. The van der Waals surface area contributed by atoms with Gasteiger partial charge in [0.05, 0.1) is 7.11 Å². The number of carbonyl (C=O) groups is 1. The first-order chi connectivity index (χ1) is 14.0. The molecule has 0 heterocycles. The average Bonchev–Trinajstić information content (AvgIpc) is 2.99. The minimum Gasteiger partial charge on any atom is -0.508 e. The summed E-state index contributed by atoms with van der Waals surface area (Å²) in [7, 11) is 1.67. The molecule has 0 aliphatic heterocycles. The number of phenolic OH excluding ortho intramolecular Hbond substituents is 1. The maximum absolute atomic E-state index is 13.4. The van der Waals surface area contributed by atoms with Gasteiger partial charge in [0.2, 0.25) is 0 Å². The molecule has 0 saturated heterocycles. The van der Waals surface area contributed by atoms with E-state index in [2.05, 4.69) is 19.1 Å². The van der Waals surface area contributed by atoms with Crippen LogP contribution in [-0.4, -0.2) is 18.0 Å². The Morgan fingerprint density at radius 3 is 2.69 bits per heavy atom. The van der Waals surface area contributed by atoms with Crippen molar-refractivity contribution in [3.63, 3.8) is 0 Å². The predicted molar refractivity (Wildman–Crippen MR) is 114 cm³/mol. The molecule has 1 N–H and O–H groups in total. The number of allylic oxidation sites excluding steroid dienone is 1. The summed E-state index contributed by atoms with van der Waals surface area (Å²) in [5.41, 5.74) is 4.53. The van der Waals surface area contributed by atoms with Gasteiger partial charge in [-0.15, -0.1) is 0 Å². The summed E-state index contributed by atoms with van der Waals surface area (Å²) in [6, 6.07) is 13.8. The molecule has 0 aromatic heterocycles. The van der Waals surface area contributed by atoms with Crippen LogP contribution in [0.2, 0.25) is 0 Å². The number of hydrogen-bond acceptors (Lipinski definition) is 3. The number of aromatic hydroxyl groups is 1. The van der Waals surface area contributed by atoms with E-state index in [4.69, 9.17) is 4.74 Å². The molecule has 150 valence electrons. The van der Waals surface area contributed by atoms with Crippen LogP contribution in [0.3, 0.4) is 0 Å². The van der Waals surface area contributed by atoms with Gasteiger partial charge in [-0.05, 0) is 102 Å². The van der Waals surface area contributed by atoms with Crippen LogP contribution >= 0.6 is 0 Å². The average molecular weight is 389 g/mol. The molecule has 0 bridgehead atoms. The third kappa shape index (κ3) is 2.90. The first-order valence-electron chi connectivity index (χ1n) is 10.7. The fraction of sp³-hybridized carbons (Fsp3) is 0.423. The van der Waals surface area contributed by atoms with Gasteiger partial charge in [0, 0.05) is 5.41 Å². The molecule has 0 unspecified atom stereocenters. The number of Topliss-reactive ketones (excluding diaryl/α,β-unsaturated/α-hetero) is 1. The fourth-order valence-corrected chi connectivity index (χ4v) is 6.27. The molecule has 2 aromatic rings. The largest absolute Gasteiger partial charge is 0.508 e. The number of ether oxygens (including phenoxy) is 1. The standard InChI is InChI=1S/C26H28O3/c1-26-12-11-22-21-10-6-19(27)14-17(21)5-9-23(22)24(26)15-18(25(26)28)13-16-3-7-20(29-2)8-4-16/h3-4,6-8,10,13-14,22-24,27H,5,9,11-12,15H2,1-2H3/b18-13+/t22-,23+,24+,26-/m0/s1. The molecule has 2 fully saturated rings. The normalized spacial score (nSPS) is 31.9. The monoisotopic (exact) mass is 388 g/mol. The number of methoxy groups -OCH3 is 1. The summed E-state index contributed by atoms with van der Waals surface area (Å²) in [4.78, 5) is 13.4. The molecular weight excluding hydrogens is 360 g/mol.